The topological polar surface area (TPSA) is 58.1 Å². The van der Waals surface area contributed by atoms with E-state index in [0.717, 1.165) is 42.9 Å². The van der Waals surface area contributed by atoms with Gasteiger partial charge in [-0.2, -0.15) is 0 Å². The second-order valence-electron chi connectivity index (χ2n) is 7.07. The molecule has 1 N–H and O–H groups in total. The van der Waals surface area contributed by atoms with Crippen molar-refractivity contribution in [2.75, 3.05) is 18.4 Å². The molecule has 2 heterocycles. The zero-order valence-electron chi connectivity index (χ0n) is 15.5. The van der Waals surface area contributed by atoms with Crippen molar-refractivity contribution in [1.29, 1.82) is 0 Å². The van der Waals surface area contributed by atoms with Crippen LogP contribution in [0.15, 0.2) is 24.3 Å². The second kappa shape index (κ2) is 7.21. The molecule has 0 spiro atoms. The van der Waals surface area contributed by atoms with E-state index < -0.39 is 0 Å². The molecule has 0 bridgehead atoms. The van der Waals surface area contributed by atoms with Gasteiger partial charge in [0, 0.05) is 24.5 Å². The van der Waals surface area contributed by atoms with Crippen LogP contribution < -0.4 is 5.32 Å². The molecule has 0 saturated carbocycles. The predicted octanol–water partition coefficient (Wildman–Crippen LogP) is 4.02. The predicted molar refractivity (Wildman–Crippen MR) is 100 cm³/mol. The molecule has 132 valence electrons. The average molecular weight is 338 g/mol. The van der Waals surface area contributed by atoms with Gasteiger partial charge in [-0.05, 0) is 62.8 Å². The van der Waals surface area contributed by atoms with Crippen molar-refractivity contribution in [2.45, 2.75) is 40.5 Å². The Morgan fingerprint density at radius 2 is 1.88 bits per heavy atom. The van der Waals surface area contributed by atoms with Gasteiger partial charge in [0.2, 0.25) is 5.95 Å². The number of rotatable bonds is 3. The van der Waals surface area contributed by atoms with E-state index in [1.807, 2.05) is 24.0 Å². The molecule has 0 unspecified atom stereocenters. The van der Waals surface area contributed by atoms with Gasteiger partial charge in [0.15, 0.2) is 0 Å². The molecule has 1 aromatic heterocycles. The average Bonchev–Trinajstić information content (AvgIpc) is 2.58. The highest BCUT2D eigenvalue weighted by Gasteiger charge is 2.23. The Bertz CT molecular complexity index is 779. The third kappa shape index (κ3) is 3.98. The molecule has 0 atom stereocenters. The number of nitrogens with zero attached hydrogens (tertiary/aromatic N) is 3. The number of aryl methyl sites for hydroxylation is 2. The summed E-state index contributed by atoms with van der Waals surface area (Å²) in [5.74, 6) is 1.17. The van der Waals surface area contributed by atoms with Crippen LogP contribution in [-0.2, 0) is 0 Å². The summed E-state index contributed by atoms with van der Waals surface area (Å²) in [6.45, 7) is 9.89. The fourth-order valence-electron chi connectivity index (χ4n) is 3.11. The third-order valence-electron chi connectivity index (χ3n) is 5.00. The molecule has 25 heavy (non-hydrogen) atoms. The third-order valence-corrected chi connectivity index (χ3v) is 5.00. The van der Waals surface area contributed by atoms with E-state index in [2.05, 4.69) is 42.1 Å². The van der Waals surface area contributed by atoms with E-state index in [4.69, 9.17) is 0 Å². The Hall–Kier alpha value is -2.43. The number of hydrogen-bond acceptors (Lipinski definition) is 4. The molecule has 1 aliphatic heterocycles. The van der Waals surface area contributed by atoms with Crippen molar-refractivity contribution in [3.05, 3.63) is 46.8 Å². The zero-order valence-corrected chi connectivity index (χ0v) is 15.5. The van der Waals surface area contributed by atoms with E-state index >= 15 is 0 Å². The van der Waals surface area contributed by atoms with Gasteiger partial charge in [-0.1, -0.05) is 19.1 Å². The summed E-state index contributed by atoms with van der Waals surface area (Å²) < 4.78 is 0. The highest BCUT2D eigenvalue weighted by atomic mass is 16.2. The lowest BCUT2D eigenvalue weighted by atomic mass is 9.99. The fraction of sp³-hybridized carbons (Fsp3) is 0.450. The molecular weight excluding hydrogens is 312 g/mol. The van der Waals surface area contributed by atoms with E-state index in [1.165, 1.54) is 5.56 Å². The number of carbonyl (C=O) groups excluding carboxylic acids is 1. The van der Waals surface area contributed by atoms with Crippen LogP contribution in [0.3, 0.4) is 0 Å². The molecule has 5 nitrogen and oxygen atoms in total. The highest BCUT2D eigenvalue weighted by molar-refractivity contribution is 5.92. The normalized spacial score (nSPS) is 15.3. The summed E-state index contributed by atoms with van der Waals surface area (Å²) in [6, 6.07) is 7.85. The van der Waals surface area contributed by atoms with Gasteiger partial charge in [0.05, 0.1) is 0 Å². The number of aromatic nitrogens is 2. The first-order chi connectivity index (χ1) is 11.9. The largest absolute Gasteiger partial charge is 0.337 e. The Balaban J connectivity index is 1.83. The Labute approximate surface area is 149 Å². The summed E-state index contributed by atoms with van der Waals surface area (Å²) in [6.07, 6.45) is 2.12. The molecule has 1 aromatic carbocycles. The summed E-state index contributed by atoms with van der Waals surface area (Å²) in [5.41, 5.74) is 4.59. The SMILES string of the molecule is Cc1cc(C(=O)N2CCC(C)CC2)nc(Nc2cccc(C)c2C)n1. The van der Waals surface area contributed by atoms with Crippen LogP contribution in [0.5, 0.6) is 0 Å². The number of nitrogens with one attached hydrogen (secondary N) is 1. The first-order valence-electron chi connectivity index (χ1n) is 8.92. The maximum atomic E-state index is 12.8. The van der Waals surface area contributed by atoms with Gasteiger partial charge in [0.1, 0.15) is 5.69 Å². The Morgan fingerprint density at radius 3 is 2.60 bits per heavy atom. The lowest BCUT2D eigenvalue weighted by Gasteiger charge is -2.30. The van der Waals surface area contributed by atoms with Crippen molar-refractivity contribution in [3.8, 4) is 0 Å². The maximum absolute atomic E-state index is 12.8. The van der Waals surface area contributed by atoms with Gasteiger partial charge in [-0.25, -0.2) is 9.97 Å². The Morgan fingerprint density at radius 1 is 1.16 bits per heavy atom. The molecule has 0 radical (unpaired) electrons. The molecule has 1 fully saturated rings. The summed E-state index contributed by atoms with van der Waals surface area (Å²) in [5, 5.41) is 3.27. The van der Waals surface area contributed by atoms with Crippen LogP contribution in [0.4, 0.5) is 11.6 Å². The van der Waals surface area contributed by atoms with Crippen molar-refractivity contribution < 1.29 is 4.79 Å². The van der Waals surface area contributed by atoms with Crippen LogP contribution >= 0.6 is 0 Å². The smallest absolute Gasteiger partial charge is 0.272 e. The minimum atomic E-state index is 0.00131. The van der Waals surface area contributed by atoms with Crippen LogP contribution in [0.1, 0.15) is 47.1 Å². The minimum absolute atomic E-state index is 0.00131. The monoisotopic (exact) mass is 338 g/mol. The Kier molecular flexibility index (Phi) is 5.02. The number of benzene rings is 1. The van der Waals surface area contributed by atoms with E-state index in [9.17, 15) is 4.79 Å². The lowest BCUT2D eigenvalue weighted by Crippen LogP contribution is -2.38. The first kappa shape index (κ1) is 17.4. The number of anilines is 2. The molecule has 1 saturated heterocycles. The number of carbonyl (C=O) groups is 1. The van der Waals surface area contributed by atoms with Crippen LogP contribution in [0.25, 0.3) is 0 Å². The zero-order chi connectivity index (χ0) is 18.0. The highest BCUT2D eigenvalue weighted by Crippen LogP contribution is 2.22. The van der Waals surface area contributed by atoms with Crippen molar-refractivity contribution in [2.24, 2.45) is 5.92 Å². The molecule has 5 heteroatoms. The fourth-order valence-corrected chi connectivity index (χ4v) is 3.11. The van der Waals surface area contributed by atoms with Gasteiger partial charge < -0.3 is 10.2 Å². The van der Waals surface area contributed by atoms with Crippen LogP contribution in [-0.4, -0.2) is 33.9 Å². The number of likely N-dealkylation sites (tertiary alicyclic amines) is 1. The van der Waals surface area contributed by atoms with Gasteiger partial charge in [0.25, 0.3) is 5.91 Å². The standard InChI is InChI=1S/C20H26N4O/c1-13-8-10-24(11-9-13)19(25)18-12-15(3)21-20(23-18)22-17-7-5-6-14(2)16(17)4/h5-7,12-13H,8-11H2,1-4H3,(H,21,22,23). The van der Waals surface area contributed by atoms with Crippen LogP contribution in [0.2, 0.25) is 0 Å². The van der Waals surface area contributed by atoms with Gasteiger partial charge >= 0.3 is 0 Å². The number of hydrogen-bond donors (Lipinski definition) is 1. The molecule has 3 rings (SSSR count). The molecule has 2 aromatic rings. The first-order valence-corrected chi connectivity index (χ1v) is 8.92. The number of piperidine rings is 1. The van der Waals surface area contributed by atoms with E-state index in [-0.39, 0.29) is 5.91 Å². The van der Waals surface area contributed by atoms with Crippen molar-refractivity contribution >= 4 is 17.5 Å². The van der Waals surface area contributed by atoms with E-state index in [0.29, 0.717) is 17.6 Å². The van der Waals surface area contributed by atoms with Crippen LogP contribution in [0, 0.1) is 26.7 Å². The lowest BCUT2D eigenvalue weighted by molar-refractivity contribution is 0.0691. The quantitative estimate of drug-likeness (QED) is 0.918. The summed E-state index contributed by atoms with van der Waals surface area (Å²) in [7, 11) is 0. The maximum Gasteiger partial charge on any atom is 0.272 e. The number of amides is 1. The van der Waals surface area contributed by atoms with Gasteiger partial charge in [-0.15, -0.1) is 0 Å². The second-order valence-corrected chi connectivity index (χ2v) is 7.07. The minimum Gasteiger partial charge on any atom is -0.337 e. The summed E-state index contributed by atoms with van der Waals surface area (Å²) >= 11 is 0. The molecule has 1 amide bonds. The van der Waals surface area contributed by atoms with Gasteiger partial charge in [-0.3, -0.25) is 4.79 Å². The van der Waals surface area contributed by atoms with E-state index in [1.54, 1.807) is 6.07 Å². The molecular formula is C20H26N4O. The molecule has 0 aliphatic carbocycles. The van der Waals surface area contributed by atoms with Crippen molar-refractivity contribution in [1.82, 2.24) is 14.9 Å². The molecule has 1 aliphatic rings. The summed E-state index contributed by atoms with van der Waals surface area (Å²) in [4.78, 5) is 23.6. The van der Waals surface area contributed by atoms with Crippen molar-refractivity contribution in [3.63, 3.8) is 0 Å².